The topological polar surface area (TPSA) is 108 Å². The van der Waals surface area contributed by atoms with Crippen molar-refractivity contribution in [3.8, 4) is 6.07 Å². The Morgan fingerprint density at radius 2 is 2.56 bits per heavy atom. The monoisotopic (exact) mass is 222 g/mol. The van der Waals surface area contributed by atoms with Gasteiger partial charge in [0.1, 0.15) is 11.8 Å². The highest BCUT2D eigenvalue weighted by Gasteiger charge is 2.16. The van der Waals surface area contributed by atoms with E-state index in [4.69, 9.17) is 15.1 Å². The van der Waals surface area contributed by atoms with Gasteiger partial charge >= 0.3 is 5.97 Å². The molecule has 1 unspecified atom stereocenters. The molecule has 0 saturated carbocycles. The molecular weight excluding hydrogens is 212 g/mol. The van der Waals surface area contributed by atoms with Crippen molar-refractivity contribution in [3.05, 3.63) is 18.0 Å². The molecule has 7 heteroatoms. The zero-order chi connectivity index (χ0) is 12.0. The van der Waals surface area contributed by atoms with E-state index < -0.39 is 12.1 Å². The summed E-state index contributed by atoms with van der Waals surface area (Å²) < 4.78 is 4.71. The van der Waals surface area contributed by atoms with Gasteiger partial charge in [-0.25, -0.2) is 14.8 Å². The van der Waals surface area contributed by atoms with E-state index in [2.05, 4.69) is 15.3 Å². The molecule has 0 aliphatic heterocycles. The van der Waals surface area contributed by atoms with Crippen molar-refractivity contribution >= 4 is 11.9 Å². The Labute approximate surface area is 91.7 Å². The summed E-state index contributed by atoms with van der Waals surface area (Å²) in [7, 11) is 1.30. The summed E-state index contributed by atoms with van der Waals surface area (Å²) in [6, 6.07) is 3.31. The molecule has 1 heterocycles. The zero-order valence-corrected chi connectivity index (χ0v) is 8.54. The summed E-state index contributed by atoms with van der Waals surface area (Å²) in [6.45, 7) is 0.0285. The fraction of sp³-hybridized carbons (Fsp3) is 0.333. The number of nitriles is 1. The van der Waals surface area contributed by atoms with Crippen LogP contribution < -0.4 is 5.32 Å². The number of nitrogens with one attached hydrogen (secondary N) is 1. The van der Waals surface area contributed by atoms with Gasteiger partial charge in [0.2, 0.25) is 5.95 Å². The van der Waals surface area contributed by atoms with Crippen LogP contribution in [0.1, 0.15) is 5.69 Å². The molecule has 0 aromatic carbocycles. The van der Waals surface area contributed by atoms with E-state index in [1.165, 1.54) is 19.4 Å². The number of carboxylic acids is 1. The molecule has 0 aliphatic carbocycles. The van der Waals surface area contributed by atoms with Gasteiger partial charge in [0, 0.05) is 13.3 Å². The van der Waals surface area contributed by atoms with Crippen LogP contribution in [-0.2, 0) is 9.53 Å². The predicted molar refractivity (Wildman–Crippen MR) is 53.7 cm³/mol. The van der Waals surface area contributed by atoms with Crippen LogP contribution in [0.2, 0.25) is 0 Å². The van der Waals surface area contributed by atoms with Crippen molar-refractivity contribution in [3.63, 3.8) is 0 Å². The van der Waals surface area contributed by atoms with Crippen molar-refractivity contribution in [1.29, 1.82) is 5.26 Å². The molecule has 16 heavy (non-hydrogen) atoms. The van der Waals surface area contributed by atoms with Crippen molar-refractivity contribution in [2.45, 2.75) is 6.10 Å². The molecular formula is C9H10N4O3. The minimum atomic E-state index is -1.08. The third kappa shape index (κ3) is 3.18. The van der Waals surface area contributed by atoms with Crippen LogP contribution in [0.5, 0.6) is 0 Å². The predicted octanol–water partition coefficient (Wildman–Crippen LogP) is -0.140. The number of methoxy groups -OCH3 is 1. The van der Waals surface area contributed by atoms with Crippen LogP contribution in [0.4, 0.5) is 5.95 Å². The number of hydrogen-bond donors (Lipinski definition) is 2. The second-order valence-corrected chi connectivity index (χ2v) is 2.82. The maximum atomic E-state index is 10.6. The highest BCUT2D eigenvalue weighted by Crippen LogP contribution is 2.00. The van der Waals surface area contributed by atoms with Gasteiger partial charge in [-0.1, -0.05) is 0 Å². The quantitative estimate of drug-likeness (QED) is 0.713. The first kappa shape index (κ1) is 11.9. The molecule has 1 aromatic heterocycles. The maximum Gasteiger partial charge on any atom is 0.334 e. The summed E-state index contributed by atoms with van der Waals surface area (Å²) in [4.78, 5) is 18.3. The normalized spacial score (nSPS) is 11.5. The van der Waals surface area contributed by atoms with Gasteiger partial charge < -0.3 is 15.2 Å². The van der Waals surface area contributed by atoms with Crippen LogP contribution >= 0.6 is 0 Å². The van der Waals surface area contributed by atoms with E-state index in [0.717, 1.165) is 0 Å². The Kier molecular flexibility index (Phi) is 4.17. The Hall–Kier alpha value is -2.20. The molecule has 0 amide bonds. The summed E-state index contributed by atoms with van der Waals surface area (Å²) in [5, 5.41) is 20.0. The number of hydrogen-bond acceptors (Lipinski definition) is 6. The van der Waals surface area contributed by atoms with E-state index in [1.54, 1.807) is 0 Å². The lowest BCUT2D eigenvalue weighted by molar-refractivity contribution is -0.147. The van der Waals surface area contributed by atoms with Crippen LogP contribution in [0.3, 0.4) is 0 Å². The maximum absolute atomic E-state index is 10.6. The van der Waals surface area contributed by atoms with Gasteiger partial charge in [-0.15, -0.1) is 0 Å². The van der Waals surface area contributed by atoms with E-state index >= 15 is 0 Å². The molecule has 7 nitrogen and oxygen atoms in total. The van der Waals surface area contributed by atoms with Crippen molar-refractivity contribution in [2.24, 2.45) is 0 Å². The molecule has 2 N–H and O–H groups in total. The van der Waals surface area contributed by atoms with Gasteiger partial charge in [0.05, 0.1) is 6.54 Å². The standard InChI is InChI=1S/C9H10N4O3/c1-16-7(8(14)15)5-12-9-11-3-2-6(4-10)13-9/h2-3,7H,5H2,1H3,(H,14,15)(H,11,12,13). The number of aliphatic carboxylic acids is 1. The third-order valence-corrected chi connectivity index (χ3v) is 1.78. The molecule has 0 saturated heterocycles. The minimum Gasteiger partial charge on any atom is -0.479 e. The second-order valence-electron chi connectivity index (χ2n) is 2.82. The Morgan fingerprint density at radius 1 is 1.81 bits per heavy atom. The molecule has 1 aromatic rings. The van der Waals surface area contributed by atoms with Crippen molar-refractivity contribution in [1.82, 2.24) is 9.97 Å². The highest BCUT2D eigenvalue weighted by molar-refractivity contribution is 5.73. The van der Waals surface area contributed by atoms with E-state index in [9.17, 15) is 4.79 Å². The summed E-state index contributed by atoms with van der Waals surface area (Å²) in [5.74, 6) is -0.881. The number of nitrogens with zero attached hydrogens (tertiary/aromatic N) is 3. The molecule has 1 atom stereocenters. The summed E-state index contributed by atoms with van der Waals surface area (Å²) in [5.41, 5.74) is 0.210. The lowest BCUT2D eigenvalue weighted by atomic mass is 10.3. The third-order valence-electron chi connectivity index (χ3n) is 1.78. The average molecular weight is 222 g/mol. The fourth-order valence-electron chi connectivity index (χ4n) is 0.962. The molecule has 0 fully saturated rings. The van der Waals surface area contributed by atoms with Gasteiger partial charge in [-0.2, -0.15) is 5.26 Å². The van der Waals surface area contributed by atoms with E-state index in [-0.39, 0.29) is 18.2 Å². The van der Waals surface area contributed by atoms with Crippen molar-refractivity contribution < 1.29 is 14.6 Å². The second kappa shape index (κ2) is 5.63. The molecule has 0 radical (unpaired) electrons. The molecule has 0 aliphatic rings. The number of rotatable bonds is 5. The first-order valence-electron chi connectivity index (χ1n) is 4.40. The van der Waals surface area contributed by atoms with Gasteiger partial charge in [0.25, 0.3) is 0 Å². The zero-order valence-electron chi connectivity index (χ0n) is 8.54. The van der Waals surface area contributed by atoms with Gasteiger partial charge in [-0.3, -0.25) is 0 Å². The van der Waals surface area contributed by atoms with Gasteiger partial charge in [-0.05, 0) is 6.07 Å². The SMILES string of the molecule is COC(CNc1nccc(C#N)n1)C(=O)O. The lowest BCUT2D eigenvalue weighted by Gasteiger charge is -2.10. The molecule has 1 rings (SSSR count). The number of anilines is 1. The molecule has 0 spiro atoms. The number of ether oxygens (including phenoxy) is 1. The van der Waals surface area contributed by atoms with Crippen molar-refractivity contribution in [2.75, 3.05) is 19.0 Å². The van der Waals surface area contributed by atoms with Gasteiger partial charge in [0.15, 0.2) is 6.10 Å². The summed E-state index contributed by atoms with van der Waals surface area (Å²) in [6.07, 6.45) is 0.436. The van der Waals surface area contributed by atoms with E-state index in [0.29, 0.717) is 0 Å². The Bertz CT molecular complexity index is 415. The smallest absolute Gasteiger partial charge is 0.334 e. The number of carbonyl (C=O) groups is 1. The number of aromatic nitrogens is 2. The fourth-order valence-corrected chi connectivity index (χ4v) is 0.962. The largest absolute Gasteiger partial charge is 0.479 e. The minimum absolute atomic E-state index is 0.0285. The van der Waals surface area contributed by atoms with Crippen LogP contribution in [0.25, 0.3) is 0 Å². The first-order chi connectivity index (χ1) is 7.67. The number of carboxylic acid groups (broad SMARTS) is 1. The van der Waals surface area contributed by atoms with Crippen LogP contribution in [0, 0.1) is 11.3 Å². The molecule has 84 valence electrons. The Balaban J connectivity index is 2.60. The average Bonchev–Trinajstić information content (AvgIpc) is 2.29. The first-order valence-corrected chi connectivity index (χ1v) is 4.40. The molecule has 0 bridgehead atoms. The summed E-state index contributed by atoms with van der Waals surface area (Å²) >= 11 is 0. The van der Waals surface area contributed by atoms with Crippen LogP contribution in [-0.4, -0.2) is 40.8 Å². The Morgan fingerprint density at radius 3 is 3.12 bits per heavy atom. The van der Waals surface area contributed by atoms with E-state index in [1.807, 2.05) is 6.07 Å². The van der Waals surface area contributed by atoms with Crippen LogP contribution in [0.15, 0.2) is 12.3 Å². The lowest BCUT2D eigenvalue weighted by Crippen LogP contribution is -2.30. The highest BCUT2D eigenvalue weighted by atomic mass is 16.5.